The van der Waals surface area contributed by atoms with Gasteiger partial charge in [-0.1, -0.05) is 73.6 Å². The van der Waals surface area contributed by atoms with Gasteiger partial charge in [-0.15, -0.1) is 0 Å². The summed E-state index contributed by atoms with van der Waals surface area (Å²) in [5.41, 5.74) is 3.99. The van der Waals surface area contributed by atoms with Gasteiger partial charge in [0.05, 0.1) is 5.69 Å². The van der Waals surface area contributed by atoms with Crippen LogP contribution in [0.2, 0.25) is 0 Å². The Hall–Kier alpha value is -0.326. The normalized spacial score (nSPS) is 28.3. The Morgan fingerprint density at radius 3 is 1.58 bits per heavy atom. The quantitative estimate of drug-likeness (QED) is 0.265. The summed E-state index contributed by atoms with van der Waals surface area (Å²) in [6, 6.07) is 6.68. The number of halogens is 1. The van der Waals surface area contributed by atoms with Crippen molar-refractivity contribution in [1.82, 2.24) is 0 Å². The van der Waals surface area contributed by atoms with Crippen molar-refractivity contribution in [3.8, 4) is 0 Å². The molecule has 0 spiro atoms. The van der Waals surface area contributed by atoms with Gasteiger partial charge in [0.15, 0.2) is 0 Å². The second kappa shape index (κ2) is 11.5. The molecule has 26 heavy (non-hydrogen) atoms. The molecule has 0 N–H and O–H groups in total. The molecular weight excluding hydrogens is 384 g/mol. The summed E-state index contributed by atoms with van der Waals surface area (Å²) < 4.78 is 0. The number of aliphatic imine (C=N–C) groups is 1. The van der Waals surface area contributed by atoms with E-state index in [0.29, 0.717) is 17.8 Å². The molecule has 1 aromatic carbocycles. The van der Waals surface area contributed by atoms with Crippen LogP contribution >= 0.6 is 10.2 Å². The average Bonchev–Trinajstić information content (AvgIpc) is 2.78. The molecule has 1 fully saturated rings. The fourth-order valence-electron chi connectivity index (χ4n) is 4.23. The van der Waals surface area contributed by atoms with E-state index in [1.807, 2.05) is 0 Å². The first-order valence-corrected chi connectivity index (χ1v) is 10.9. The van der Waals surface area contributed by atoms with Crippen LogP contribution in [0, 0.1) is 37.0 Å². The summed E-state index contributed by atoms with van der Waals surface area (Å²) in [6.45, 7) is 18.7. The molecule has 0 heterocycles. The standard InChI is InChI=1S/C22H35N.CH3.ClH.Ni/c1-13(2)19-10-9-11-20(14(3)4)22(19)23-12-21-17(7)15(5)16(6)18(21)8;;;/h9-18,21H,1-8H3;1H3;1H;/q;-1;;+1/p-1. The Morgan fingerprint density at radius 2 is 1.23 bits per heavy atom. The average molecular weight is 423 g/mol. The number of para-hydroxylation sites is 1. The summed E-state index contributed by atoms with van der Waals surface area (Å²) in [5.74, 6) is 4.63. The van der Waals surface area contributed by atoms with Crippen LogP contribution in [0.4, 0.5) is 5.69 Å². The van der Waals surface area contributed by atoms with Crippen LogP contribution < -0.4 is 0 Å². The van der Waals surface area contributed by atoms with Crippen LogP contribution in [0.25, 0.3) is 0 Å². The van der Waals surface area contributed by atoms with Crippen LogP contribution in [0.3, 0.4) is 0 Å². The molecule has 0 amide bonds. The molecule has 1 aromatic rings. The summed E-state index contributed by atoms with van der Waals surface area (Å²) in [5, 5.41) is 0. The minimum atomic E-state index is 0. The molecule has 153 valence electrons. The van der Waals surface area contributed by atoms with E-state index >= 15 is 0 Å². The Morgan fingerprint density at radius 1 is 0.846 bits per heavy atom. The molecule has 1 saturated carbocycles. The number of hydrogen-bond acceptors (Lipinski definition) is 1. The Bertz CT molecular complexity index is 527. The summed E-state index contributed by atoms with van der Waals surface area (Å²) in [7, 11) is 4.26. The van der Waals surface area contributed by atoms with E-state index in [0.717, 1.165) is 23.7 Å². The van der Waals surface area contributed by atoms with Gasteiger partial charge in [-0.25, -0.2) is 0 Å². The van der Waals surface area contributed by atoms with E-state index in [-0.39, 0.29) is 7.43 Å². The molecule has 0 aliphatic heterocycles. The maximum absolute atomic E-state index is 5.08. The van der Waals surface area contributed by atoms with E-state index in [2.05, 4.69) is 105 Å². The first-order chi connectivity index (χ1) is 11.8. The van der Waals surface area contributed by atoms with Crippen molar-refractivity contribution in [3.05, 3.63) is 36.8 Å². The molecule has 1 aliphatic carbocycles. The third-order valence-corrected chi connectivity index (χ3v) is 6.42. The van der Waals surface area contributed by atoms with Gasteiger partial charge in [-0.2, -0.15) is 0 Å². The number of nitrogens with zero attached hydrogens (tertiary/aromatic N) is 1. The van der Waals surface area contributed by atoms with E-state index < -0.39 is 0 Å². The molecule has 0 saturated heterocycles. The summed E-state index contributed by atoms with van der Waals surface area (Å²) in [6.07, 6.45) is 2.28. The zero-order chi connectivity index (χ0) is 19.3. The third-order valence-electron chi connectivity index (χ3n) is 6.42. The fraction of sp³-hybridized carbons (Fsp3) is 0.652. The Labute approximate surface area is 175 Å². The van der Waals surface area contributed by atoms with Gasteiger partial charge in [-0.3, -0.25) is 4.99 Å². The van der Waals surface area contributed by atoms with Crippen molar-refractivity contribution in [2.75, 3.05) is 0 Å². The van der Waals surface area contributed by atoms with E-state index in [9.17, 15) is 0 Å². The number of hydrogen-bond donors (Lipinski definition) is 0. The van der Waals surface area contributed by atoms with Crippen molar-refractivity contribution < 1.29 is 14.6 Å². The van der Waals surface area contributed by atoms with Gasteiger partial charge in [0.1, 0.15) is 0 Å². The maximum atomic E-state index is 5.08. The zero-order valence-electron chi connectivity index (χ0n) is 18.0. The molecule has 0 radical (unpaired) electrons. The molecule has 0 bridgehead atoms. The van der Waals surface area contributed by atoms with E-state index in [1.165, 1.54) is 16.8 Å². The van der Waals surface area contributed by atoms with Crippen molar-refractivity contribution in [2.24, 2.45) is 34.6 Å². The van der Waals surface area contributed by atoms with Crippen molar-refractivity contribution in [2.45, 2.75) is 67.2 Å². The fourth-order valence-corrected chi connectivity index (χ4v) is 4.23. The van der Waals surface area contributed by atoms with Crippen molar-refractivity contribution in [1.29, 1.82) is 0 Å². The third kappa shape index (κ3) is 5.59. The SMILES string of the molecule is CC(C)c1cccc(C(C)C)c1N=CC1C(C)C(C)C(C)C1C.[CH3-].[Cl][Ni]. The van der Waals surface area contributed by atoms with Crippen LogP contribution in [0.1, 0.15) is 78.4 Å². The van der Waals surface area contributed by atoms with Gasteiger partial charge in [-0.05, 0) is 52.6 Å². The monoisotopic (exact) mass is 421 g/mol. The van der Waals surface area contributed by atoms with Gasteiger partial charge >= 0.3 is 24.8 Å². The predicted molar refractivity (Wildman–Crippen MR) is 115 cm³/mol. The van der Waals surface area contributed by atoms with Crippen LogP contribution in [-0.4, -0.2) is 6.21 Å². The topological polar surface area (TPSA) is 12.4 Å². The van der Waals surface area contributed by atoms with Gasteiger partial charge in [0.2, 0.25) is 0 Å². The van der Waals surface area contributed by atoms with Gasteiger partial charge in [0, 0.05) is 6.21 Å². The second-order valence-corrected chi connectivity index (χ2v) is 8.39. The van der Waals surface area contributed by atoms with E-state index in [1.54, 1.807) is 0 Å². The Balaban J connectivity index is 0.00000201. The molecular formula is C23H38ClNNi-. The van der Waals surface area contributed by atoms with Gasteiger partial charge < -0.3 is 7.43 Å². The summed E-state index contributed by atoms with van der Waals surface area (Å²) in [4.78, 5) is 5.08. The van der Waals surface area contributed by atoms with Crippen LogP contribution in [0.5, 0.6) is 0 Å². The molecule has 1 nitrogen and oxygen atoms in total. The van der Waals surface area contributed by atoms with Crippen LogP contribution in [0.15, 0.2) is 23.2 Å². The molecule has 1 aliphatic rings. The van der Waals surface area contributed by atoms with Crippen molar-refractivity contribution in [3.63, 3.8) is 0 Å². The second-order valence-electron chi connectivity index (χ2n) is 8.39. The van der Waals surface area contributed by atoms with E-state index in [4.69, 9.17) is 4.99 Å². The first kappa shape index (κ1) is 25.7. The van der Waals surface area contributed by atoms with Crippen LogP contribution in [-0.2, 0) is 14.6 Å². The molecule has 4 unspecified atom stereocenters. The number of rotatable bonds is 4. The minimum absolute atomic E-state index is 0. The zero-order valence-corrected chi connectivity index (χ0v) is 19.7. The molecule has 0 aromatic heterocycles. The molecule has 4 atom stereocenters. The molecule has 3 heteroatoms. The first-order valence-electron chi connectivity index (χ1n) is 9.54. The van der Waals surface area contributed by atoms with Gasteiger partial charge in [0.25, 0.3) is 0 Å². The molecule has 2 rings (SSSR count). The summed E-state index contributed by atoms with van der Waals surface area (Å²) >= 11 is 3.35. The predicted octanol–water partition coefficient (Wildman–Crippen LogP) is 7.95. The van der Waals surface area contributed by atoms with Crippen molar-refractivity contribution >= 4 is 22.1 Å². The number of benzene rings is 1. The Kier molecular flexibility index (Phi) is 11.4.